The predicted octanol–water partition coefficient (Wildman–Crippen LogP) is 2.86. The Morgan fingerprint density at radius 3 is 2.44 bits per heavy atom. The maximum atomic E-state index is 12.0. The Kier molecular flexibility index (Phi) is 3.43. The average Bonchev–Trinajstić information content (AvgIpc) is 2.16. The van der Waals surface area contributed by atoms with Crippen LogP contribution in [0.2, 0.25) is 0 Å². The summed E-state index contributed by atoms with van der Waals surface area (Å²) in [5.41, 5.74) is -0.575. The van der Waals surface area contributed by atoms with Crippen molar-refractivity contribution in [1.29, 1.82) is 0 Å². The summed E-state index contributed by atoms with van der Waals surface area (Å²) in [6.07, 6.45) is -4.82. The van der Waals surface area contributed by atoms with E-state index in [0.29, 0.717) is 0 Å². The first-order valence-electron chi connectivity index (χ1n) is 3.85. The number of nitro benzene ring substituents is 1. The van der Waals surface area contributed by atoms with Gasteiger partial charge in [-0.25, -0.2) is 0 Å². The van der Waals surface area contributed by atoms with Crippen molar-refractivity contribution in [3.05, 3.63) is 34.4 Å². The minimum atomic E-state index is -4.82. The van der Waals surface area contributed by atoms with Crippen molar-refractivity contribution in [3.8, 4) is 5.75 Å². The van der Waals surface area contributed by atoms with E-state index >= 15 is 0 Å². The Labute approximate surface area is 92.8 Å². The molecule has 0 fully saturated rings. The lowest BCUT2D eigenvalue weighted by atomic mass is 10.3. The van der Waals surface area contributed by atoms with Gasteiger partial charge in [-0.2, -0.15) is 13.2 Å². The van der Waals surface area contributed by atoms with Gasteiger partial charge < -0.3 is 4.74 Å². The lowest BCUT2D eigenvalue weighted by molar-refractivity contribution is -0.385. The molecule has 0 heterocycles. The van der Waals surface area contributed by atoms with Crippen LogP contribution in [-0.4, -0.2) is 16.2 Å². The third-order valence-corrected chi connectivity index (χ3v) is 1.81. The molecule has 16 heavy (non-hydrogen) atoms. The lowest BCUT2D eigenvalue weighted by Gasteiger charge is -2.09. The smallest absolute Gasteiger partial charge is 0.434 e. The molecule has 8 heteroatoms. The fourth-order valence-corrected chi connectivity index (χ4v) is 0.942. The number of hydrogen-bond donors (Lipinski definition) is 0. The molecule has 4 nitrogen and oxygen atoms in total. The predicted molar refractivity (Wildman–Crippen MR) is 52.4 cm³/mol. The van der Waals surface area contributed by atoms with Gasteiger partial charge in [0.1, 0.15) is 0 Å². The molecule has 0 amide bonds. The molecule has 1 aromatic carbocycles. The van der Waals surface area contributed by atoms with Crippen molar-refractivity contribution in [1.82, 2.24) is 0 Å². The van der Waals surface area contributed by atoms with Crippen molar-refractivity contribution in [2.75, 3.05) is 0 Å². The molecular weight excluding hydrogens is 247 g/mol. The normalized spacial score (nSPS) is 10.9. The van der Waals surface area contributed by atoms with E-state index in [2.05, 4.69) is 17.0 Å². The van der Waals surface area contributed by atoms with Crippen LogP contribution in [0.25, 0.3) is 0 Å². The Morgan fingerprint density at radius 2 is 1.94 bits per heavy atom. The number of hydrogen-bond acceptors (Lipinski definition) is 4. The summed E-state index contributed by atoms with van der Waals surface area (Å²) in [6.45, 7) is 0. The van der Waals surface area contributed by atoms with Crippen LogP contribution < -0.4 is 4.74 Å². The van der Waals surface area contributed by atoms with E-state index in [0.717, 1.165) is 12.1 Å². The largest absolute Gasteiger partial charge is 0.460 e. The van der Waals surface area contributed by atoms with Gasteiger partial charge in [0.2, 0.25) is 5.75 Å². The molecule has 0 saturated heterocycles. The molecule has 0 radical (unpaired) electrons. The second-order valence-electron chi connectivity index (χ2n) is 2.61. The summed E-state index contributed by atoms with van der Waals surface area (Å²) in [6, 6.07) is 4.67. The number of rotatable bonds is 2. The van der Waals surface area contributed by atoms with E-state index in [1.165, 1.54) is 12.1 Å². The number of benzene rings is 1. The summed E-state index contributed by atoms with van der Waals surface area (Å²) in [7, 11) is 0. The minimum Gasteiger partial charge on any atom is -0.434 e. The van der Waals surface area contributed by atoms with Gasteiger partial charge in [0.25, 0.3) is 5.05 Å². The molecule has 0 aliphatic carbocycles. The van der Waals surface area contributed by atoms with Gasteiger partial charge in [0, 0.05) is 6.07 Å². The highest BCUT2D eigenvalue weighted by molar-refractivity contribution is 7.80. The fourth-order valence-electron chi connectivity index (χ4n) is 0.852. The van der Waals surface area contributed by atoms with Crippen LogP contribution in [-0.2, 0) is 0 Å². The minimum absolute atomic E-state index is 0.533. The number of nitro groups is 1. The van der Waals surface area contributed by atoms with Gasteiger partial charge in [0.15, 0.2) is 0 Å². The zero-order valence-electron chi connectivity index (χ0n) is 7.52. The van der Waals surface area contributed by atoms with Crippen molar-refractivity contribution in [3.63, 3.8) is 0 Å². The third-order valence-electron chi connectivity index (χ3n) is 1.50. The van der Waals surface area contributed by atoms with E-state index in [9.17, 15) is 23.3 Å². The average molecular weight is 251 g/mol. The maximum Gasteiger partial charge on any atom is 0.460 e. The fraction of sp³-hybridized carbons (Fsp3) is 0.125. The van der Waals surface area contributed by atoms with Crippen LogP contribution in [0.4, 0.5) is 18.9 Å². The van der Waals surface area contributed by atoms with Crippen molar-refractivity contribution in [2.45, 2.75) is 6.18 Å². The summed E-state index contributed by atoms with van der Waals surface area (Å²) >= 11 is 3.95. The highest BCUT2D eigenvalue weighted by Crippen LogP contribution is 2.28. The molecule has 0 aromatic heterocycles. The van der Waals surface area contributed by atoms with Crippen molar-refractivity contribution < 1.29 is 22.8 Å². The van der Waals surface area contributed by atoms with Crippen LogP contribution in [0.3, 0.4) is 0 Å². The molecule has 0 spiro atoms. The van der Waals surface area contributed by atoms with E-state index in [1.54, 1.807) is 0 Å². The monoisotopic (exact) mass is 251 g/mol. The summed E-state index contributed by atoms with van der Waals surface area (Å²) in [4.78, 5) is 9.60. The molecule has 0 saturated carbocycles. The first-order chi connectivity index (χ1) is 7.32. The SMILES string of the molecule is O=[N+]([O-])c1ccccc1OC(=S)C(F)(F)F. The molecular formula is C8H4F3NO3S. The van der Waals surface area contributed by atoms with Crippen LogP contribution in [0.1, 0.15) is 0 Å². The molecule has 0 atom stereocenters. The second kappa shape index (κ2) is 4.44. The highest BCUT2D eigenvalue weighted by atomic mass is 32.1. The number of para-hydroxylation sites is 2. The third kappa shape index (κ3) is 2.89. The molecule has 0 unspecified atom stereocenters. The molecule has 86 valence electrons. The summed E-state index contributed by atoms with van der Waals surface area (Å²) in [5.74, 6) is -0.533. The van der Waals surface area contributed by atoms with Gasteiger partial charge >= 0.3 is 11.9 Å². The summed E-state index contributed by atoms with van der Waals surface area (Å²) < 4.78 is 40.3. The second-order valence-corrected chi connectivity index (χ2v) is 2.98. The van der Waals surface area contributed by atoms with Gasteiger partial charge in [-0.1, -0.05) is 12.1 Å². The van der Waals surface area contributed by atoms with E-state index in [1.807, 2.05) is 0 Å². The number of thiocarbonyl (C=S) groups is 1. The van der Waals surface area contributed by atoms with Crippen LogP contribution in [0.15, 0.2) is 24.3 Å². The Morgan fingerprint density at radius 1 is 1.38 bits per heavy atom. The Balaban J connectivity index is 2.98. The Hall–Kier alpha value is -1.70. The van der Waals surface area contributed by atoms with E-state index in [4.69, 9.17) is 0 Å². The molecule has 0 aliphatic heterocycles. The highest BCUT2D eigenvalue weighted by Gasteiger charge is 2.37. The van der Waals surface area contributed by atoms with Gasteiger partial charge in [-0.3, -0.25) is 10.1 Å². The maximum absolute atomic E-state index is 12.0. The zero-order chi connectivity index (χ0) is 12.3. The molecule has 1 aromatic rings. The number of nitrogens with zero attached hydrogens (tertiary/aromatic N) is 1. The van der Waals surface area contributed by atoms with Gasteiger partial charge in [-0.05, 0) is 18.3 Å². The van der Waals surface area contributed by atoms with Crippen LogP contribution in [0.5, 0.6) is 5.75 Å². The molecule has 0 bridgehead atoms. The van der Waals surface area contributed by atoms with E-state index < -0.39 is 27.6 Å². The van der Waals surface area contributed by atoms with Crippen LogP contribution >= 0.6 is 12.2 Å². The van der Waals surface area contributed by atoms with E-state index in [-0.39, 0.29) is 0 Å². The molecule has 1 rings (SSSR count). The van der Waals surface area contributed by atoms with Gasteiger partial charge in [0.05, 0.1) is 4.92 Å². The Bertz CT molecular complexity index is 433. The molecule has 0 aliphatic rings. The van der Waals surface area contributed by atoms with Crippen LogP contribution in [0, 0.1) is 10.1 Å². The van der Waals surface area contributed by atoms with Crippen molar-refractivity contribution >= 4 is 23.0 Å². The lowest BCUT2D eigenvalue weighted by Crippen LogP contribution is -2.26. The quantitative estimate of drug-likeness (QED) is 0.460. The first-order valence-corrected chi connectivity index (χ1v) is 4.25. The topological polar surface area (TPSA) is 52.4 Å². The van der Waals surface area contributed by atoms with Gasteiger partial charge in [-0.15, -0.1) is 0 Å². The number of alkyl halides is 3. The first kappa shape index (κ1) is 12.4. The molecule has 0 N–H and O–H groups in total. The van der Waals surface area contributed by atoms with Crippen molar-refractivity contribution in [2.24, 2.45) is 0 Å². The number of ether oxygens (including phenoxy) is 1. The summed E-state index contributed by atoms with van der Waals surface area (Å²) in [5, 5.41) is 8.79. The number of halogens is 3. The standard InChI is InChI=1S/C8H4F3NO3S/c9-8(10,11)7(16)15-6-4-2-1-3-5(6)12(13)14/h1-4H. The zero-order valence-corrected chi connectivity index (χ0v) is 8.34.